The van der Waals surface area contributed by atoms with Gasteiger partial charge >= 0.3 is 0 Å². The molecule has 1 aromatic rings. The quantitative estimate of drug-likeness (QED) is 0.506. The van der Waals surface area contributed by atoms with Crippen LogP contribution in [0.3, 0.4) is 0 Å². The minimum absolute atomic E-state index is 0. The van der Waals surface area contributed by atoms with Gasteiger partial charge in [0.05, 0.1) is 4.92 Å². The molecule has 0 aromatic heterocycles. The van der Waals surface area contributed by atoms with Gasteiger partial charge in [0.1, 0.15) is 5.56 Å². The molecule has 3 rings (SSSR count). The van der Waals surface area contributed by atoms with Gasteiger partial charge < -0.3 is 5.48 Å². The molecule has 2 bridgehead atoms. The van der Waals surface area contributed by atoms with E-state index in [1.54, 1.807) is 0 Å². The summed E-state index contributed by atoms with van der Waals surface area (Å²) in [4.78, 5) is 19.7. The summed E-state index contributed by atoms with van der Waals surface area (Å²) in [6.07, 6.45) is 0. The highest BCUT2D eigenvalue weighted by Crippen LogP contribution is 2.41. The van der Waals surface area contributed by atoms with Gasteiger partial charge in [0.25, 0.3) is 11.7 Å². The van der Waals surface area contributed by atoms with Crippen molar-refractivity contribution in [1.82, 2.24) is 0 Å². The van der Waals surface area contributed by atoms with Crippen molar-refractivity contribution in [2.45, 2.75) is 6.04 Å². The van der Waals surface area contributed by atoms with Crippen LogP contribution in [0.2, 0.25) is 0 Å². The minimum atomic E-state index is -0.981. The Bertz CT molecular complexity index is 413. The first-order valence-electron chi connectivity index (χ1n) is 3.53. The first-order valence-corrected chi connectivity index (χ1v) is 3.53. The van der Waals surface area contributed by atoms with Gasteiger partial charge in [0.2, 0.25) is 0 Å². The van der Waals surface area contributed by atoms with Crippen molar-refractivity contribution in [2.75, 3.05) is 0 Å². The number of nitro groups is 2. The van der Waals surface area contributed by atoms with E-state index in [4.69, 9.17) is 0 Å². The Balaban J connectivity index is 0.000000980. The van der Waals surface area contributed by atoms with Gasteiger partial charge in [-0.05, 0) is 12.1 Å². The summed E-state index contributed by atoms with van der Waals surface area (Å²) in [5, 5.41) is 20.8. The van der Waals surface area contributed by atoms with Crippen LogP contribution in [0.1, 0.15) is 17.2 Å². The van der Waals surface area contributed by atoms with E-state index < -0.39 is 15.9 Å². The predicted octanol–water partition coefficient (Wildman–Crippen LogP) is 0.450. The molecular weight excluding hydrogens is 192 g/mol. The van der Waals surface area contributed by atoms with E-state index in [9.17, 15) is 20.2 Å². The van der Waals surface area contributed by atoms with E-state index in [0.29, 0.717) is 5.56 Å². The molecule has 0 saturated heterocycles. The molecule has 0 fully saturated rings. The standard InChI is InChI=1S/C7H4N2O4.H2O/c10-8(11)6-2-1-4-3-5(6)7(4)9(12)13;/h1-3,7H;1H2. The van der Waals surface area contributed by atoms with Gasteiger partial charge in [0, 0.05) is 16.6 Å². The van der Waals surface area contributed by atoms with E-state index in [1.807, 2.05) is 0 Å². The summed E-state index contributed by atoms with van der Waals surface area (Å²) in [6, 6.07) is 3.21. The fourth-order valence-electron chi connectivity index (χ4n) is 1.45. The van der Waals surface area contributed by atoms with Crippen LogP contribution in [0.5, 0.6) is 0 Å². The summed E-state index contributed by atoms with van der Waals surface area (Å²) >= 11 is 0. The third kappa shape index (κ3) is 1.11. The Morgan fingerprint density at radius 3 is 2.29 bits per heavy atom. The van der Waals surface area contributed by atoms with E-state index in [0.717, 1.165) is 0 Å². The van der Waals surface area contributed by atoms with Gasteiger partial charge in [0.15, 0.2) is 0 Å². The molecule has 1 unspecified atom stereocenters. The molecule has 0 heterocycles. The number of nitro benzene ring substituents is 1. The molecule has 0 spiro atoms. The van der Waals surface area contributed by atoms with Gasteiger partial charge in [-0.1, -0.05) is 0 Å². The SMILES string of the molecule is O.O=[N+]([O-])c1ccc2cc1C2[N+](=O)[O-]. The number of hydrogen-bond acceptors (Lipinski definition) is 4. The van der Waals surface area contributed by atoms with Crippen molar-refractivity contribution in [3.63, 3.8) is 0 Å². The molecule has 0 amide bonds. The summed E-state index contributed by atoms with van der Waals surface area (Å²) in [7, 11) is 0. The van der Waals surface area contributed by atoms with Crippen LogP contribution in [0, 0.1) is 20.2 Å². The van der Waals surface area contributed by atoms with Crippen LogP contribution in [-0.4, -0.2) is 15.3 Å². The summed E-state index contributed by atoms with van der Waals surface area (Å²) in [5.41, 5.74) is 0.565. The Kier molecular flexibility index (Phi) is 2.18. The molecule has 7 heteroatoms. The highest BCUT2D eigenvalue weighted by Gasteiger charge is 2.40. The lowest BCUT2D eigenvalue weighted by Crippen LogP contribution is -2.21. The Morgan fingerprint density at radius 1 is 1.21 bits per heavy atom. The Hall–Kier alpha value is -2.02. The molecule has 0 aliphatic heterocycles. The van der Waals surface area contributed by atoms with Crippen LogP contribution < -0.4 is 0 Å². The molecule has 74 valence electrons. The van der Waals surface area contributed by atoms with Gasteiger partial charge in [-0.2, -0.15) is 0 Å². The minimum Gasteiger partial charge on any atom is -0.412 e. The lowest BCUT2D eigenvalue weighted by molar-refractivity contribution is -0.522. The number of hydrogen-bond donors (Lipinski definition) is 0. The highest BCUT2D eigenvalue weighted by atomic mass is 16.6. The van der Waals surface area contributed by atoms with Crippen molar-refractivity contribution >= 4 is 5.69 Å². The van der Waals surface area contributed by atoms with Gasteiger partial charge in [-0.3, -0.25) is 20.2 Å². The topological polar surface area (TPSA) is 118 Å². The van der Waals surface area contributed by atoms with Crippen LogP contribution in [0.15, 0.2) is 18.2 Å². The van der Waals surface area contributed by atoms with Crippen molar-refractivity contribution in [3.05, 3.63) is 49.6 Å². The molecule has 2 aliphatic rings. The van der Waals surface area contributed by atoms with E-state index >= 15 is 0 Å². The molecule has 1 atom stereocenters. The van der Waals surface area contributed by atoms with Crippen molar-refractivity contribution < 1.29 is 15.3 Å². The Labute approximate surface area is 77.6 Å². The number of rotatable bonds is 2. The van der Waals surface area contributed by atoms with E-state index in [-0.39, 0.29) is 16.7 Å². The average Bonchev–Trinajstić information content (AvgIpc) is 2.02. The average molecular weight is 198 g/mol. The second-order valence-electron chi connectivity index (χ2n) is 2.76. The molecular formula is C7H6N2O5. The maximum absolute atomic E-state index is 10.4. The molecule has 1 aromatic carbocycles. The number of benzene rings is 1. The lowest BCUT2D eigenvalue weighted by atomic mass is 9.86. The zero-order chi connectivity index (χ0) is 9.59. The monoisotopic (exact) mass is 198 g/mol. The molecule has 0 radical (unpaired) electrons. The van der Waals surface area contributed by atoms with Crippen molar-refractivity contribution in [1.29, 1.82) is 0 Å². The number of nitrogens with zero attached hydrogens (tertiary/aromatic N) is 2. The zero-order valence-corrected chi connectivity index (χ0v) is 6.84. The van der Waals surface area contributed by atoms with Crippen LogP contribution in [-0.2, 0) is 0 Å². The Morgan fingerprint density at radius 2 is 1.86 bits per heavy atom. The maximum Gasteiger partial charge on any atom is 0.279 e. The second-order valence-corrected chi connectivity index (χ2v) is 2.76. The van der Waals surface area contributed by atoms with Crippen LogP contribution in [0.25, 0.3) is 0 Å². The fraction of sp³-hybridized carbons (Fsp3) is 0.143. The van der Waals surface area contributed by atoms with E-state index in [2.05, 4.69) is 0 Å². The van der Waals surface area contributed by atoms with Gasteiger partial charge in [-0.15, -0.1) is 0 Å². The fourth-order valence-corrected chi connectivity index (χ4v) is 1.45. The first kappa shape index (κ1) is 10.1. The normalized spacial score (nSPS) is 16.4. The third-order valence-corrected chi connectivity index (χ3v) is 2.07. The lowest BCUT2D eigenvalue weighted by Gasteiger charge is -2.18. The van der Waals surface area contributed by atoms with E-state index in [1.165, 1.54) is 18.2 Å². The predicted molar refractivity (Wildman–Crippen MR) is 45.5 cm³/mol. The second kappa shape index (κ2) is 3.04. The van der Waals surface area contributed by atoms with Gasteiger partial charge in [-0.25, -0.2) is 0 Å². The molecule has 14 heavy (non-hydrogen) atoms. The van der Waals surface area contributed by atoms with Crippen LogP contribution in [0.4, 0.5) is 5.69 Å². The molecule has 2 N–H and O–H groups in total. The highest BCUT2D eigenvalue weighted by molar-refractivity contribution is 5.55. The largest absolute Gasteiger partial charge is 0.412 e. The van der Waals surface area contributed by atoms with Crippen LogP contribution >= 0.6 is 0 Å². The smallest absolute Gasteiger partial charge is 0.279 e. The van der Waals surface area contributed by atoms with Crippen molar-refractivity contribution in [3.8, 4) is 0 Å². The van der Waals surface area contributed by atoms with Crippen molar-refractivity contribution in [2.24, 2.45) is 0 Å². The zero-order valence-electron chi connectivity index (χ0n) is 6.84. The summed E-state index contributed by atoms with van der Waals surface area (Å²) < 4.78 is 0. The first-order chi connectivity index (χ1) is 6.11. The molecule has 0 saturated carbocycles. The molecule has 2 aliphatic carbocycles. The third-order valence-electron chi connectivity index (χ3n) is 2.07. The summed E-state index contributed by atoms with van der Waals surface area (Å²) in [5.74, 6) is 0. The number of fused-ring (bicyclic) bond motifs is 2. The maximum atomic E-state index is 10.4. The summed E-state index contributed by atoms with van der Waals surface area (Å²) in [6.45, 7) is 0. The molecule has 7 nitrogen and oxygen atoms in total.